The predicted octanol–water partition coefficient (Wildman–Crippen LogP) is 4.86. The highest BCUT2D eigenvalue weighted by molar-refractivity contribution is 6.34. The Morgan fingerprint density at radius 1 is 1.11 bits per heavy atom. The Morgan fingerprint density at radius 2 is 1.67 bits per heavy atom. The van der Waals surface area contributed by atoms with Gasteiger partial charge in [-0.1, -0.05) is 37.0 Å². The van der Waals surface area contributed by atoms with Crippen LogP contribution in [0.4, 0.5) is 0 Å². The smallest absolute Gasteiger partial charge is 0.0424 e. The highest BCUT2D eigenvalue weighted by atomic mass is 35.5. The molecule has 0 saturated carbocycles. The average Bonchev–Trinajstić information content (AvgIpc) is 2.28. The van der Waals surface area contributed by atoms with Crippen LogP contribution in [0.2, 0.25) is 10.0 Å². The van der Waals surface area contributed by atoms with E-state index in [-0.39, 0.29) is 0 Å². The van der Waals surface area contributed by atoms with Crippen molar-refractivity contribution < 1.29 is 0 Å². The van der Waals surface area contributed by atoms with Gasteiger partial charge in [0.15, 0.2) is 0 Å². The molecule has 3 heteroatoms. The zero-order chi connectivity index (χ0) is 13.1. The molecule has 1 saturated heterocycles. The van der Waals surface area contributed by atoms with Crippen molar-refractivity contribution in [2.24, 2.45) is 11.8 Å². The van der Waals surface area contributed by atoms with Crippen molar-refractivity contribution in [1.29, 1.82) is 0 Å². The zero-order valence-electron chi connectivity index (χ0n) is 11.1. The fourth-order valence-electron chi connectivity index (χ4n) is 2.74. The number of nitrogens with zero attached hydrogens (tertiary/aromatic N) is 1. The third-order valence-electron chi connectivity index (χ3n) is 3.90. The molecule has 0 spiro atoms. The van der Waals surface area contributed by atoms with E-state index in [1.165, 1.54) is 31.5 Å². The highest BCUT2D eigenvalue weighted by Crippen LogP contribution is 2.26. The molecular weight excluding hydrogens is 265 g/mol. The molecule has 0 radical (unpaired) electrons. The first-order valence-corrected chi connectivity index (χ1v) is 7.47. The summed E-state index contributed by atoms with van der Waals surface area (Å²) in [5, 5.41) is 1.46. The molecule has 0 aromatic heterocycles. The van der Waals surface area contributed by atoms with Gasteiger partial charge in [0.25, 0.3) is 0 Å². The minimum atomic E-state index is 0.731. The molecule has 0 bridgehead atoms. The summed E-state index contributed by atoms with van der Waals surface area (Å²) in [7, 11) is 0. The van der Waals surface area contributed by atoms with Crippen molar-refractivity contribution in [3.8, 4) is 0 Å². The van der Waals surface area contributed by atoms with E-state index >= 15 is 0 Å². The van der Waals surface area contributed by atoms with E-state index in [4.69, 9.17) is 23.2 Å². The molecule has 0 unspecified atom stereocenters. The lowest BCUT2D eigenvalue weighted by molar-refractivity contribution is 0.152. The number of halogens is 2. The van der Waals surface area contributed by atoms with Crippen LogP contribution in [-0.4, -0.2) is 18.0 Å². The second kappa shape index (κ2) is 6.27. The van der Waals surface area contributed by atoms with Crippen molar-refractivity contribution >= 4 is 23.2 Å². The van der Waals surface area contributed by atoms with Crippen molar-refractivity contribution in [3.63, 3.8) is 0 Å². The number of hydrogen-bond donors (Lipinski definition) is 0. The van der Waals surface area contributed by atoms with E-state index in [9.17, 15) is 0 Å². The van der Waals surface area contributed by atoms with Crippen LogP contribution in [0, 0.1) is 11.8 Å². The van der Waals surface area contributed by atoms with Gasteiger partial charge in [-0.25, -0.2) is 0 Å². The molecule has 1 aliphatic rings. The predicted molar refractivity (Wildman–Crippen MR) is 79.3 cm³/mol. The van der Waals surface area contributed by atoms with Crippen LogP contribution in [0.3, 0.4) is 0 Å². The highest BCUT2D eigenvalue weighted by Gasteiger charge is 2.21. The third-order valence-corrected chi connectivity index (χ3v) is 4.34. The summed E-state index contributed by atoms with van der Waals surface area (Å²) >= 11 is 12.1. The van der Waals surface area contributed by atoms with E-state index in [1.54, 1.807) is 6.07 Å². The molecule has 2 rings (SSSR count). The molecule has 1 aliphatic heterocycles. The van der Waals surface area contributed by atoms with Crippen molar-refractivity contribution in [2.75, 3.05) is 13.1 Å². The third kappa shape index (κ3) is 3.88. The second-order valence-electron chi connectivity index (χ2n) is 5.64. The average molecular weight is 286 g/mol. The maximum absolute atomic E-state index is 6.03. The van der Waals surface area contributed by atoms with E-state index < -0.39 is 0 Å². The summed E-state index contributed by atoms with van der Waals surface area (Å²) in [4.78, 5) is 2.50. The van der Waals surface area contributed by atoms with Gasteiger partial charge in [-0.2, -0.15) is 0 Å². The van der Waals surface area contributed by atoms with Crippen LogP contribution in [0.5, 0.6) is 0 Å². The first-order chi connectivity index (χ1) is 8.54. The quantitative estimate of drug-likeness (QED) is 0.767. The van der Waals surface area contributed by atoms with Crippen molar-refractivity contribution in [3.05, 3.63) is 33.8 Å². The molecule has 1 nitrogen and oxygen atoms in total. The van der Waals surface area contributed by atoms with Gasteiger partial charge in [0.2, 0.25) is 0 Å². The summed E-state index contributed by atoms with van der Waals surface area (Å²) in [6.45, 7) is 8.00. The van der Waals surface area contributed by atoms with Gasteiger partial charge < -0.3 is 0 Å². The van der Waals surface area contributed by atoms with E-state index in [1.807, 2.05) is 12.1 Å². The topological polar surface area (TPSA) is 3.24 Å². The van der Waals surface area contributed by atoms with E-state index in [0.717, 1.165) is 28.4 Å². The standard InChI is InChI=1S/C15H21Cl2N/c1-11(2)13-3-5-18(6-4-13)10-12-7-14(16)9-15(17)8-12/h7-9,11,13H,3-6,10H2,1-2H3. The van der Waals surface area contributed by atoms with Gasteiger partial charge in [0.1, 0.15) is 0 Å². The molecule has 1 aromatic rings. The monoisotopic (exact) mass is 285 g/mol. The van der Waals surface area contributed by atoms with Crippen LogP contribution in [-0.2, 0) is 6.54 Å². The lowest BCUT2D eigenvalue weighted by Gasteiger charge is -2.33. The Hall–Kier alpha value is -0.240. The number of likely N-dealkylation sites (tertiary alicyclic amines) is 1. The Morgan fingerprint density at radius 3 is 2.17 bits per heavy atom. The molecule has 1 aromatic carbocycles. The molecule has 0 amide bonds. The summed E-state index contributed by atoms with van der Waals surface area (Å²) in [6.07, 6.45) is 2.62. The molecule has 1 heterocycles. The van der Waals surface area contributed by atoms with Crippen molar-refractivity contribution in [2.45, 2.75) is 33.2 Å². The van der Waals surface area contributed by atoms with Crippen LogP contribution in [0.25, 0.3) is 0 Å². The van der Waals surface area contributed by atoms with Crippen molar-refractivity contribution in [1.82, 2.24) is 4.90 Å². The SMILES string of the molecule is CC(C)C1CCN(Cc2cc(Cl)cc(Cl)c2)CC1. The van der Waals surface area contributed by atoms with E-state index in [2.05, 4.69) is 18.7 Å². The maximum Gasteiger partial charge on any atom is 0.0424 e. The fourth-order valence-corrected chi connectivity index (χ4v) is 3.31. The lowest BCUT2D eigenvalue weighted by atomic mass is 9.86. The lowest BCUT2D eigenvalue weighted by Crippen LogP contribution is -2.34. The zero-order valence-corrected chi connectivity index (χ0v) is 12.6. The van der Waals surface area contributed by atoms with Crippen LogP contribution < -0.4 is 0 Å². The van der Waals surface area contributed by atoms with E-state index in [0.29, 0.717) is 0 Å². The van der Waals surface area contributed by atoms with Gasteiger partial charge in [0.05, 0.1) is 0 Å². The minimum Gasteiger partial charge on any atom is -0.299 e. The Labute approximate surface area is 120 Å². The molecule has 0 N–H and O–H groups in total. The summed E-state index contributed by atoms with van der Waals surface area (Å²) < 4.78 is 0. The molecule has 1 fully saturated rings. The van der Waals surface area contributed by atoms with Gasteiger partial charge in [-0.05, 0) is 61.5 Å². The van der Waals surface area contributed by atoms with Gasteiger partial charge in [-0.15, -0.1) is 0 Å². The van der Waals surface area contributed by atoms with Gasteiger partial charge in [0, 0.05) is 16.6 Å². The van der Waals surface area contributed by atoms with Crippen LogP contribution in [0.15, 0.2) is 18.2 Å². The summed E-state index contributed by atoms with van der Waals surface area (Å²) in [5.41, 5.74) is 1.22. The maximum atomic E-state index is 6.03. The van der Waals surface area contributed by atoms with Gasteiger partial charge in [-0.3, -0.25) is 4.90 Å². The Bertz CT molecular complexity index is 375. The number of benzene rings is 1. The Balaban J connectivity index is 1.91. The molecule has 0 atom stereocenters. The molecule has 100 valence electrons. The first-order valence-electron chi connectivity index (χ1n) is 6.72. The summed E-state index contributed by atoms with van der Waals surface area (Å²) in [6, 6.07) is 5.82. The number of rotatable bonds is 3. The largest absolute Gasteiger partial charge is 0.299 e. The van der Waals surface area contributed by atoms with Gasteiger partial charge >= 0.3 is 0 Å². The second-order valence-corrected chi connectivity index (χ2v) is 6.51. The molecule has 18 heavy (non-hydrogen) atoms. The first kappa shape index (κ1) is 14.2. The number of piperidine rings is 1. The number of hydrogen-bond acceptors (Lipinski definition) is 1. The van der Waals surface area contributed by atoms with Crippen LogP contribution >= 0.6 is 23.2 Å². The fraction of sp³-hybridized carbons (Fsp3) is 0.600. The summed E-state index contributed by atoms with van der Waals surface area (Å²) in [5.74, 6) is 1.71. The normalized spacial score (nSPS) is 18.5. The molecular formula is C15H21Cl2N. The minimum absolute atomic E-state index is 0.731. The molecule has 0 aliphatic carbocycles. The Kier molecular flexibility index (Phi) is 4.94. The van der Waals surface area contributed by atoms with Crippen LogP contribution in [0.1, 0.15) is 32.3 Å².